The van der Waals surface area contributed by atoms with E-state index in [-0.39, 0.29) is 11.8 Å². The maximum absolute atomic E-state index is 11.8. The van der Waals surface area contributed by atoms with Crippen molar-refractivity contribution in [2.75, 3.05) is 33.1 Å². The molecule has 0 unspecified atom stereocenters. The monoisotopic (exact) mass is 292 g/mol. The summed E-state index contributed by atoms with van der Waals surface area (Å²) in [6.45, 7) is 1.56. The van der Waals surface area contributed by atoms with Gasteiger partial charge >= 0.3 is 0 Å². The van der Waals surface area contributed by atoms with Gasteiger partial charge in [-0.3, -0.25) is 4.79 Å². The molecular weight excluding hydrogens is 268 g/mol. The highest BCUT2D eigenvalue weighted by Crippen LogP contribution is 2.28. The van der Waals surface area contributed by atoms with Gasteiger partial charge in [-0.25, -0.2) is 13.1 Å². The van der Waals surface area contributed by atoms with Crippen molar-refractivity contribution in [2.45, 2.75) is 25.7 Å². The third kappa shape index (κ3) is 6.89. The second-order valence-corrected chi connectivity index (χ2v) is 6.96. The summed E-state index contributed by atoms with van der Waals surface area (Å²) < 4.78 is 29.4. The molecule has 0 radical (unpaired) electrons. The summed E-state index contributed by atoms with van der Waals surface area (Å²) in [4.78, 5) is 11.8. The number of hydrogen-bond acceptors (Lipinski definition) is 4. The van der Waals surface area contributed by atoms with E-state index >= 15 is 0 Å². The number of hydrogen-bond donors (Lipinski definition) is 2. The molecule has 1 rings (SSSR count). The molecule has 7 heteroatoms. The molecule has 1 amide bonds. The van der Waals surface area contributed by atoms with Crippen LogP contribution in [0.5, 0.6) is 0 Å². The zero-order chi connectivity index (χ0) is 14.3. The Kier molecular flexibility index (Phi) is 6.74. The van der Waals surface area contributed by atoms with Gasteiger partial charge in [-0.05, 0) is 31.6 Å². The number of sulfonamides is 1. The van der Waals surface area contributed by atoms with Crippen molar-refractivity contribution in [3.05, 3.63) is 0 Å². The van der Waals surface area contributed by atoms with Gasteiger partial charge in [0.25, 0.3) is 0 Å². The minimum Gasteiger partial charge on any atom is -0.383 e. The fraction of sp³-hybridized carbons (Fsp3) is 0.917. The molecule has 6 nitrogen and oxygen atoms in total. The zero-order valence-corrected chi connectivity index (χ0v) is 12.5. The van der Waals surface area contributed by atoms with E-state index in [1.807, 2.05) is 0 Å². The van der Waals surface area contributed by atoms with Crippen LogP contribution in [0.25, 0.3) is 0 Å². The van der Waals surface area contributed by atoms with Gasteiger partial charge < -0.3 is 10.1 Å². The molecule has 0 aromatic carbocycles. The van der Waals surface area contributed by atoms with E-state index in [9.17, 15) is 13.2 Å². The molecule has 0 aliphatic heterocycles. The van der Waals surface area contributed by atoms with Crippen LogP contribution in [-0.2, 0) is 19.6 Å². The van der Waals surface area contributed by atoms with Gasteiger partial charge in [0.2, 0.25) is 15.9 Å². The van der Waals surface area contributed by atoms with Crippen molar-refractivity contribution in [3.8, 4) is 0 Å². The first-order valence-electron chi connectivity index (χ1n) is 6.63. The third-order valence-corrected chi connectivity index (χ3v) is 4.15. The normalized spacial score (nSPS) is 24.1. The molecule has 1 aliphatic rings. The number of methoxy groups -OCH3 is 1. The van der Waals surface area contributed by atoms with Gasteiger partial charge in [-0.2, -0.15) is 0 Å². The van der Waals surface area contributed by atoms with Crippen molar-refractivity contribution in [1.29, 1.82) is 0 Å². The quantitative estimate of drug-likeness (QED) is 0.652. The minimum atomic E-state index is -3.11. The van der Waals surface area contributed by atoms with E-state index < -0.39 is 10.0 Å². The van der Waals surface area contributed by atoms with Gasteiger partial charge in [-0.1, -0.05) is 0 Å². The number of nitrogens with one attached hydrogen (secondary N) is 2. The van der Waals surface area contributed by atoms with Crippen LogP contribution in [0.15, 0.2) is 0 Å². The molecular formula is C12H24N2O4S. The lowest BCUT2D eigenvalue weighted by Gasteiger charge is -2.27. The van der Waals surface area contributed by atoms with Crippen LogP contribution in [0.4, 0.5) is 0 Å². The summed E-state index contributed by atoms with van der Waals surface area (Å²) >= 11 is 0. The predicted octanol–water partition coefficient (Wildman–Crippen LogP) is 0.105. The summed E-state index contributed by atoms with van der Waals surface area (Å²) in [5, 5.41) is 2.85. The van der Waals surface area contributed by atoms with Crippen molar-refractivity contribution < 1.29 is 17.9 Å². The Bertz CT molecular complexity index is 375. The first-order valence-corrected chi connectivity index (χ1v) is 8.53. The average molecular weight is 292 g/mol. The fourth-order valence-electron chi connectivity index (χ4n) is 2.32. The fourth-order valence-corrected chi connectivity index (χ4v) is 2.86. The third-order valence-electron chi connectivity index (χ3n) is 3.46. The average Bonchev–Trinajstić information content (AvgIpc) is 2.36. The maximum Gasteiger partial charge on any atom is 0.223 e. The van der Waals surface area contributed by atoms with E-state index in [0.29, 0.717) is 25.6 Å². The molecule has 1 saturated carbocycles. The lowest BCUT2D eigenvalue weighted by atomic mass is 9.81. The molecule has 0 heterocycles. The molecule has 2 N–H and O–H groups in total. The highest BCUT2D eigenvalue weighted by molar-refractivity contribution is 7.88. The van der Waals surface area contributed by atoms with E-state index in [2.05, 4.69) is 10.0 Å². The molecule has 1 fully saturated rings. The first-order chi connectivity index (χ1) is 8.92. The Morgan fingerprint density at radius 2 is 1.89 bits per heavy atom. The minimum absolute atomic E-state index is 0.0614. The number of amides is 1. The van der Waals surface area contributed by atoms with Crippen LogP contribution < -0.4 is 10.0 Å². The smallest absolute Gasteiger partial charge is 0.223 e. The molecule has 0 spiro atoms. The second-order valence-electron chi connectivity index (χ2n) is 5.12. The Morgan fingerprint density at radius 3 is 2.42 bits per heavy atom. The lowest BCUT2D eigenvalue weighted by Crippen LogP contribution is -2.37. The van der Waals surface area contributed by atoms with Gasteiger partial charge in [0.05, 0.1) is 12.9 Å². The van der Waals surface area contributed by atoms with E-state index in [4.69, 9.17) is 4.74 Å². The lowest BCUT2D eigenvalue weighted by molar-refractivity contribution is -0.126. The van der Waals surface area contributed by atoms with Gasteiger partial charge in [-0.15, -0.1) is 0 Å². The maximum atomic E-state index is 11.8. The largest absolute Gasteiger partial charge is 0.383 e. The molecule has 0 aromatic rings. The Balaban J connectivity index is 2.23. The zero-order valence-electron chi connectivity index (χ0n) is 11.6. The molecule has 1 aliphatic carbocycles. The van der Waals surface area contributed by atoms with Crippen LogP contribution in [0.1, 0.15) is 25.7 Å². The van der Waals surface area contributed by atoms with Gasteiger partial charge in [0.15, 0.2) is 0 Å². The van der Waals surface area contributed by atoms with E-state index in [0.717, 1.165) is 25.7 Å². The summed E-state index contributed by atoms with van der Waals surface area (Å²) in [7, 11) is -1.51. The number of carbonyl (C=O) groups is 1. The predicted molar refractivity (Wildman–Crippen MR) is 73.2 cm³/mol. The van der Waals surface area contributed by atoms with Crippen molar-refractivity contribution in [2.24, 2.45) is 11.8 Å². The number of rotatable bonds is 7. The van der Waals surface area contributed by atoms with Crippen LogP contribution in [0.2, 0.25) is 0 Å². The first kappa shape index (κ1) is 16.4. The number of ether oxygens (including phenoxy) is 1. The van der Waals surface area contributed by atoms with Crippen molar-refractivity contribution >= 4 is 15.9 Å². The standard InChI is InChI=1S/C12H24N2O4S/c1-18-8-7-13-12(15)11-5-3-10(4-6-11)9-14-19(2,16)17/h10-11,14H,3-9H2,1-2H3,(H,13,15). The highest BCUT2D eigenvalue weighted by atomic mass is 32.2. The van der Waals surface area contributed by atoms with E-state index in [1.54, 1.807) is 7.11 Å². The Labute approximate surface area is 115 Å². The summed E-state index contributed by atoms with van der Waals surface area (Å²) in [6.07, 6.45) is 4.61. The van der Waals surface area contributed by atoms with Crippen molar-refractivity contribution in [1.82, 2.24) is 10.0 Å². The van der Waals surface area contributed by atoms with Gasteiger partial charge in [0, 0.05) is 26.1 Å². The van der Waals surface area contributed by atoms with Crippen LogP contribution >= 0.6 is 0 Å². The molecule has 0 aromatic heterocycles. The molecule has 0 atom stereocenters. The topological polar surface area (TPSA) is 84.5 Å². The van der Waals surface area contributed by atoms with Crippen LogP contribution in [-0.4, -0.2) is 47.4 Å². The second kappa shape index (κ2) is 7.81. The van der Waals surface area contributed by atoms with Crippen LogP contribution in [0.3, 0.4) is 0 Å². The van der Waals surface area contributed by atoms with Crippen molar-refractivity contribution in [3.63, 3.8) is 0 Å². The SMILES string of the molecule is COCCNC(=O)C1CCC(CNS(C)(=O)=O)CC1. The molecule has 0 saturated heterocycles. The van der Waals surface area contributed by atoms with Crippen LogP contribution in [0, 0.1) is 11.8 Å². The Morgan fingerprint density at radius 1 is 1.26 bits per heavy atom. The van der Waals surface area contributed by atoms with E-state index in [1.165, 1.54) is 6.26 Å². The van der Waals surface area contributed by atoms with Gasteiger partial charge in [0.1, 0.15) is 0 Å². The molecule has 112 valence electrons. The summed E-state index contributed by atoms with van der Waals surface area (Å²) in [5.41, 5.74) is 0. The molecule has 0 bridgehead atoms. The summed E-state index contributed by atoms with van der Waals surface area (Å²) in [6, 6.07) is 0. The highest BCUT2D eigenvalue weighted by Gasteiger charge is 2.26. The summed E-state index contributed by atoms with van der Waals surface area (Å²) in [5.74, 6) is 0.496. The molecule has 19 heavy (non-hydrogen) atoms. The Hall–Kier alpha value is -0.660. The number of carbonyl (C=O) groups excluding carboxylic acids is 1.